The van der Waals surface area contributed by atoms with Crippen molar-refractivity contribution in [1.82, 2.24) is 0 Å². The molecule has 0 unspecified atom stereocenters. The van der Waals surface area contributed by atoms with Crippen LogP contribution in [-0.2, 0) is 0 Å². The molecular weight excluding hydrogens is 134 g/mol. The lowest BCUT2D eigenvalue weighted by molar-refractivity contribution is 0.186. The van der Waals surface area contributed by atoms with Crippen molar-refractivity contribution < 1.29 is 0 Å². The van der Waals surface area contributed by atoms with Crippen LogP contribution in [0.25, 0.3) is 0 Å². The van der Waals surface area contributed by atoms with Gasteiger partial charge in [-0.1, -0.05) is 26.7 Å². The van der Waals surface area contributed by atoms with Crippen LogP contribution in [0.2, 0.25) is 0 Å². The van der Waals surface area contributed by atoms with E-state index in [4.69, 9.17) is 5.73 Å². The van der Waals surface area contributed by atoms with E-state index in [1.807, 2.05) is 0 Å². The van der Waals surface area contributed by atoms with E-state index in [2.05, 4.69) is 13.8 Å². The van der Waals surface area contributed by atoms with Crippen LogP contribution in [0, 0.1) is 17.8 Å². The zero-order valence-corrected chi connectivity index (χ0v) is 7.84. The second-order valence-electron chi connectivity index (χ2n) is 4.19. The number of nitrogens with two attached hydrogens (primary N) is 1. The first-order chi connectivity index (χ1) is 5.25. The predicted octanol–water partition coefficient (Wildman–Crippen LogP) is 2.41. The van der Waals surface area contributed by atoms with E-state index in [9.17, 15) is 0 Å². The van der Waals surface area contributed by atoms with Crippen molar-refractivity contribution in [1.29, 1.82) is 0 Å². The van der Waals surface area contributed by atoms with Gasteiger partial charge >= 0.3 is 0 Å². The molecule has 0 aromatic heterocycles. The molecule has 0 radical (unpaired) electrons. The average molecular weight is 155 g/mol. The van der Waals surface area contributed by atoms with E-state index < -0.39 is 0 Å². The van der Waals surface area contributed by atoms with Crippen molar-refractivity contribution in [3.63, 3.8) is 0 Å². The number of rotatable bonds is 2. The first-order valence-corrected chi connectivity index (χ1v) is 4.95. The van der Waals surface area contributed by atoms with E-state index in [1.165, 1.54) is 25.7 Å². The molecule has 0 bridgehead atoms. The minimum atomic E-state index is 0.823. The van der Waals surface area contributed by atoms with E-state index in [1.54, 1.807) is 0 Å². The largest absolute Gasteiger partial charge is 0.330 e. The monoisotopic (exact) mass is 155 g/mol. The van der Waals surface area contributed by atoms with Gasteiger partial charge in [-0.05, 0) is 37.1 Å². The molecule has 1 heteroatoms. The van der Waals surface area contributed by atoms with Crippen LogP contribution in [0.1, 0.15) is 39.5 Å². The lowest BCUT2D eigenvalue weighted by atomic mass is 9.74. The Bertz CT molecular complexity index is 109. The maximum atomic E-state index is 5.73. The molecule has 0 aromatic carbocycles. The average Bonchev–Trinajstić information content (AvgIpc) is 2.04. The Hall–Kier alpha value is -0.0400. The summed E-state index contributed by atoms with van der Waals surface area (Å²) in [6, 6.07) is 0. The van der Waals surface area contributed by atoms with Crippen LogP contribution in [0.4, 0.5) is 0 Å². The molecule has 2 N–H and O–H groups in total. The van der Waals surface area contributed by atoms with Gasteiger partial charge in [-0.25, -0.2) is 0 Å². The zero-order chi connectivity index (χ0) is 8.27. The molecule has 0 saturated heterocycles. The Labute approximate surface area is 70.4 Å². The molecule has 66 valence electrons. The molecule has 0 aliphatic heterocycles. The molecule has 0 aromatic rings. The fourth-order valence-corrected chi connectivity index (χ4v) is 2.41. The van der Waals surface area contributed by atoms with Gasteiger partial charge in [0.25, 0.3) is 0 Å². The van der Waals surface area contributed by atoms with Crippen LogP contribution in [-0.4, -0.2) is 6.54 Å². The van der Waals surface area contributed by atoms with Crippen LogP contribution >= 0.6 is 0 Å². The molecular formula is C10H21N. The van der Waals surface area contributed by atoms with Crippen molar-refractivity contribution >= 4 is 0 Å². The van der Waals surface area contributed by atoms with Crippen molar-refractivity contribution in [3.05, 3.63) is 0 Å². The fraction of sp³-hybridized carbons (Fsp3) is 1.00. The van der Waals surface area contributed by atoms with E-state index in [0.29, 0.717) is 0 Å². The van der Waals surface area contributed by atoms with Gasteiger partial charge in [0, 0.05) is 0 Å². The lowest BCUT2D eigenvalue weighted by Crippen LogP contribution is -2.29. The fourth-order valence-electron chi connectivity index (χ4n) is 2.41. The highest BCUT2D eigenvalue weighted by molar-refractivity contribution is 4.77. The van der Waals surface area contributed by atoms with E-state index in [-0.39, 0.29) is 0 Å². The SMILES string of the molecule is CC(C)[C@@H]1CCCC[C@@H]1CN. The standard InChI is InChI=1S/C10H21N/c1-8(2)10-6-4-3-5-9(10)7-11/h8-10H,3-7,11H2,1-2H3/t9-,10+/m1/s1. The first kappa shape index (κ1) is 9.05. The van der Waals surface area contributed by atoms with Crippen molar-refractivity contribution in [2.24, 2.45) is 23.5 Å². The summed E-state index contributed by atoms with van der Waals surface area (Å²) in [6.45, 7) is 5.57. The number of hydrogen-bond donors (Lipinski definition) is 1. The molecule has 1 aliphatic rings. The second kappa shape index (κ2) is 4.10. The van der Waals surface area contributed by atoms with Gasteiger partial charge in [0.1, 0.15) is 0 Å². The molecule has 0 amide bonds. The molecule has 0 spiro atoms. The summed E-state index contributed by atoms with van der Waals surface area (Å²) in [5, 5.41) is 0. The minimum absolute atomic E-state index is 0.823. The van der Waals surface area contributed by atoms with E-state index in [0.717, 1.165) is 24.3 Å². The topological polar surface area (TPSA) is 26.0 Å². The van der Waals surface area contributed by atoms with Crippen molar-refractivity contribution in [2.75, 3.05) is 6.54 Å². The molecule has 1 rings (SSSR count). The second-order valence-corrected chi connectivity index (χ2v) is 4.19. The summed E-state index contributed by atoms with van der Waals surface area (Å²) in [4.78, 5) is 0. The Morgan fingerprint density at radius 1 is 1.27 bits per heavy atom. The molecule has 1 saturated carbocycles. The van der Waals surface area contributed by atoms with Gasteiger partial charge in [-0.2, -0.15) is 0 Å². The van der Waals surface area contributed by atoms with Crippen LogP contribution in [0.3, 0.4) is 0 Å². The molecule has 0 heterocycles. The van der Waals surface area contributed by atoms with Crippen LogP contribution in [0.15, 0.2) is 0 Å². The third kappa shape index (κ3) is 2.19. The third-order valence-electron chi connectivity index (χ3n) is 3.13. The maximum absolute atomic E-state index is 5.73. The summed E-state index contributed by atoms with van der Waals surface area (Å²) < 4.78 is 0. The van der Waals surface area contributed by atoms with Gasteiger partial charge in [0.15, 0.2) is 0 Å². The third-order valence-corrected chi connectivity index (χ3v) is 3.13. The van der Waals surface area contributed by atoms with Crippen molar-refractivity contribution in [2.45, 2.75) is 39.5 Å². The van der Waals surface area contributed by atoms with Gasteiger partial charge in [-0.15, -0.1) is 0 Å². The van der Waals surface area contributed by atoms with Gasteiger partial charge in [0.05, 0.1) is 0 Å². The molecule has 11 heavy (non-hydrogen) atoms. The summed E-state index contributed by atoms with van der Waals surface area (Å²) in [7, 11) is 0. The van der Waals surface area contributed by atoms with Gasteiger partial charge in [-0.3, -0.25) is 0 Å². The highest BCUT2D eigenvalue weighted by Crippen LogP contribution is 2.34. The number of hydrogen-bond acceptors (Lipinski definition) is 1. The summed E-state index contributed by atoms with van der Waals surface area (Å²) in [5.74, 6) is 2.57. The Balaban J connectivity index is 2.44. The minimum Gasteiger partial charge on any atom is -0.330 e. The normalized spacial score (nSPS) is 32.7. The predicted molar refractivity (Wildman–Crippen MR) is 49.3 cm³/mol. The lowest BCUT2D eigenvalue weighted by Gasteiger charge is -2.33. The molecule has 2 atom stereocenters. The highest BCUT2D eigenvalue weighted by Gasteiger charge is 2.25. The van der Waals surface area contributed by atoms with Gasteiger partial charge < -0.3 is 5.73 Å². The molecule has 1 nitrogen and oxygen atoms in total. The Morgan fingerprint density at radius 3 is 2.36 bits per heavy atom. The Kier molecular flexibility index (Phi) is 3.38. The van der Waals surface area contributed by atoms with Gasteiger partial charge in [0.2, 0.25) is 0 Å². The zero-order valence-electron chi connectivity index (χ0n) is 7.84. The Morgan fingerprint density at radius 2 is 1.91 bits per heavy atom. The maximum Gasteiger partial charge on any atom is -0.00461 e. The van der Waals surface area contributed by atoms with E-state index >= 15 is 0 Å². The smallest absolute Gasteiger partial charge is 0.00461 e. The highest BCUT2D eigenvalue weighted by atomic mass is 14.6. The summed E-state index contributed by atoms with van der Waals surface area (Å²) >= 11 is 0. The molecule has 1 fully saturated rings. The van der Waals surface area contributed by atoms with Crippen molar-refractivity contribution in [3.8, 4) is 0 Å². The molecule has 1 aliphatic carbocycles. The first-order valence-electron chi connectivity index (χ1n) is 4.95. The summed E-state index contributed by atoms with van der Waals surface area (Å²) in [6.07, 6.45) is 5.63. The summed E-state index contributed by atoms with van der Waals surface area (Å²) in [5.41, 5.74) is 5.73. The quantitative estimate of drug-likeness (QED) is 0.651. The van der Waals surface area contributed by atoms with Crippen LogP contribution < -0.4 is 5.73 Å². The van der Waals surface area contributed by atoms with Crippen LogP contribution in [0.5, 0.6) is 0 Å².